The Morgan fingerprint density at radius 1 is 1.23 bits per heavy atom. The molecule has 0 amide bonds. The second kappa shape index (κ2) is 6.36. The van der Waals surface area contributed by atoms with E-state index in [1.165, 1.54) is 7.11 Å². The van der Waals surface area contributed by atoms with Gasteiger partial charge in [0, 0.05) is 0 Å². The normalized spacial score (nSPS) is 11.0. The fourth-order valence-corrected chi connectivity index (χ4v) is 2.72. The first-order valence-electron chi connectivity index (χ1n) is 6.59. The molecule has 1 heterocycles. The van der Waals surface area contributed by atoms with E-state index in [1.54, 1.807) is 41.8 Å². The third kappa shape index (κ3) is 3.12. The van der Waals surface area contributed by atoms with E-state index >= 15 is 0 Å². The molecule has 0 fully saturated rings. The number of nitrogens with one attached hydrogen (secondary N) is 1. The third-order valence-electron chi connectivity index (χ3n) is 3.00. The number of carbonyl (C=O) groups is 1. The fourth-order valence-electron chi connectivity index (χ4n) is 1.91. The molecule has 0 spiro atoms. The van der Waals surface area contributed by atoms with Crippen molar-refractivity contribution < 1.29 is 9.53 Å². The van der Waals surface area contributed by atoms with Gasteiger partial charge in [0.25, 0.3) is 0 Å². The molecule has 0 aliphatic rings. The van der Waals surface area contributed by atoms with E-state index in [9.17, 15) is 4.79 Å². The largest absolute Gasteiger partial charge is 0.465 e. The molecule has 0 atom stereocenters. The van der Waals surface area contributed by atoms with Crippen molar-refractivity contribution in [2.45, 2.75) is 0 Å². The van der Waals surface area contributed by atoms with Crippen LogP contribution in [0.1, 0.15) is 15.9 Å². The van der Waals surface area contributed by atoms with Crippen LogP contribution in [0.15, 0.2) is 53.6 Å². The van der Waals surface area contributed by atoms with Crippen LogP contribution in [0.5, 0.6) is 0 Å². The van der Waals surface area contributed by atoms with Gasteiger partial charge in [0.15, 0.2) is 0 Å². The zero-order chi connectivity index (χ0) is 15.4. The molecule has 3 rings (SSSR count). The van der Waals surface area contributed by atoms with Gasteiger partial charge in [-0.05, 0) is 29.8 Å². The number of thiazole rings is 1. The van der Waals surface area contributed by atoms with Crippen molar-refractivity contribution >= 4 is 38.9 Å². The summed E-state index contributed by atoms with van der Waals surface area (Å²) in [4.78, 5) is 15.8. The quantitative estimate of drug-likeness (QED) is 0.455. The van der Waals surface area contributed by atoms with Crippen molar-refractivity contribution in [3.63, 3.8) is 0 Å². The van der Waals surface area contributed by atoms with Crippen molar-refractivity contribution in [2.24, 2.45) is 5.10 Å². The number of aromatic nitrogens is 1. The van der Waals surface area contributed by atoms with Gasteiger partial charge in [-0.3, -0.25) is 5.43 Å². The maximum absolute atomic E-state index is 11.3. The number of nitrogens with zero attached hydrogens (tertiary/aromatic N) is 2. The number of fused-ring (bicyclic) bond motifs is 1. The van der Waals surface area contributed by atoms with Gasteiger partial charge in [-0.1, -0.05) is 35.6 Å². The zero-order valence-corrected chi connectivity index (χ0v) is 12.6. The van der Waals surface area contributed by atoms with Crippen molar-refractivity contribution in [2.75, 3.05) is 12.5 Å². The lowest BCUT2D eigenvalue weighted by atomic mass is 10.1. The number of benzene rings is 2. The molecule has 1 N–H and O–H groups in total. The third-order valence-corrected chi connectivity index (χ3v) is 3.94. The summed E-state index contributed by atoms with van der Waals surface area (Å²) in [5.41, 5.74) is 5.26. The van der Waals surface area contributed by atoms with Gasteiger partial charge in [-0.25, -0.2) is 9.78 Å². The summed E-state index contributed by atoms with van der Waals surface area (Å²) < 4.78 is 5.77. The van der Waals surface area contributed by atoms with Gasteiger partial charge < -0.3 is 4.74 Å². The number of hydrogen-bond acceptors (Lipinski definition) is 6. The number of esters is 1. The summed E-state index contributed by atoms with van der Waals surface area (Å²) >= 11 is 1.54. The molecule has 0 radical (unpaired) electrons. The summed E-state index contributed by atoms with van der Waals surface area (Å²) in [5, 5.41) is 4.90. The molecule has 2 aromatic carbocycles. The standard InChI is InChI=1S/C16H13N3O2S/c1-21-15(20)12-8-6-11(7-9-12)10-17-19-16-18-13-4-2-3-5-14(13)22-16/h2-10H,1H3,(H,18,19)/b17-10+. The average molecular weight is 311 g/mol. The highest BCUT2D eigenvalue weighted by molar-refractivity contribution is 7.22. The number of hydrazone groups is 1. The van der Waals surface area contributed by atoms with E-state index in [1.807, 2.05) is 24.3 Å². The highest BCUT2D eigenvalue weighted by atomic mass is 32.1. The van der Waals surface area contributed by atoms with Crippen LogP contribution in [0.2, 0.25) is 0 Å². The van der Waals surface area contributed by atoms with Crippen molar-refractivity contribution in [3.8, 4) is 0 Å². The lowest BCUT2D eigenvalue weighted by Crippen LogP contribution is -2.00. The molecular formula is C16H13N3O2S. The van der Waals surface area contributed by atoms with E-state index in [-0.39, 0.29) is 5.97 Å². The van der Waals surface area contributed by atoms with Crippen LogP contribution in [0.3, 0.4) is 0 Å². The van der Waals surface area contributed by atoms with Gasteiger partial charge in [0.2, 0.25) is 5.13 Å². The molecule has 0 saturated heterocycles. The number of carbonyl (C=O) groups excluding carboxylic acids is 1. The summed E-state index contributed by atoms with van der Waals surface area (Å²) in [6.07, 6.45) is 1.67. The molecule has 0 unspecified atom stereocenters. The van der Waals surface area contributed by atoms with E-state index in [2.05, 4.69) is 20.2 Å². The minimum atomic E-state index is -0.351. The molecule has 0 saturated carbocycles. The lowest BCUT2D eigenvalue weighted by molar-refractivity contribution is 0.0601. The highest BCUT2D eigenvalue weighted by Gasteiger charge is 2.03. The van der Waals surface area contributed by atoms with Crippen molar-refractivity contribution in [1.82, 2.24) is 4.98 Å². The van der Waals surface area contributed by atoms with Crippen molar-refractivity contribution in [1.29, 1.82) is 0 Å². The first-order chi connectivity index (χ1) is 10.8. The lowest BCUT2D eigenvalue weighted by Gasteiger charge is -1.99. The molecular weight excluding hydrogens is 298 g/mol. The first kappa shape index (κ1) is 14.2. The predicted molar refractivity (Wildman–Crippen MR) is 88.6 cm³/mol. The minimum absolute atomic E-state index is 0.351. The van der Waals surface area contributed by atoms with Gasteiger partial charge in [-0.15, -0.1) is 0 Å². The zero-order valence-electron chi connectivity index (χ0n) is 11.8. The van der Waals surface area contributed by atoms with E-state index in [0.717, 1.165) is 20.9 Å². The topological polar surface area (TPSA) is 63.6 Å². The number of rotatable bonds is 4. The molecule has 6 heteroatoms. The van der Waals surface area contributed by atoms with E-state index < -0.39 is 0 Å². The Kier molecular flexibility index (Phi) is 4.11. The molecule has 22 heavy (non-hydrogen) atoms. The summed E-state index contributed by atoms with van der Waals surface area (Å²) in [6, 6.07) is 14.9. The summed E-state index contributed by atoms with van der Waals surface area (Å²) in [5.74, 6) is -0.351. The van der Waals surface area contributed by atoms with E-state index in [4.69, 9.17) is 0 Å². The number of methoxy groups -OCH3 is 1. The van der Waals surface area contributed by atoms with Gasteiger partial charge in [0.05, 0.1) is 29.1 Å². The predicted octanol–water partition coefficient (Wildman–Crippen LogP) is 3.53. The van der Waals surface area contributed by atoms with Crippen LogP contribution in [0.4, 0.5) is 5.13 Å². The maximum Gasteiger partial charge on any atom is 0.337 e. The Labute approximate surface area is 131 Å². The second-order valence-corrected chi connectivity index (χ2v) is 5.50. The monoisotopic (exact) mass is 311 g/mol. The van der Waals surface area contributed by atoms with Crippen LogP contribution in [0.25, 0.3) is 10.2 Å². The van der Waals surface area contributed by atoms with Gasteiger partial charge >= 0.3 is 5.97 Å². The Morgan fingerprint density at radius 2 is 2.00 bits per heavy atom. The van der Waals surface area contributed by atoms with Crippen LogP contribution in [-0.2, 0) is 4.74 Å². The molecule has 1 aromatic heterocycles. The van der Waals surface area contributed by atoms with Crippen LogP contribution >= 0.6 is 11.3 Å². The van der Waals surface area contributed by atoms with Gasteiger partial charge in [0.1, 0.15) is 0 Å². The first-order valence-corrected chi connectivity index (χ1v) is 7.41. The molecule has 0 bridgehead atoms. The van der Waals surface area contributed by atoms with Crippen LogP contribution in [0, 0.1) is 0 Å². The number of hydrogen-bond donors (Lipinski definition) is 1. The van der Waals surface area contributed by atoms with Gasteiger partial charge in [-0.2, -0.15) is 5.10 Å². The minimum Gasteiger partial charge on any atom is -0.465 e. The highest BCUT2D eigenvalue weighted by Crippen LogP contribution is 2.25. The number of ether oxygens (including phenoxy) is 1. The number of para-hydroxylation sites is 1. The smallest absolute Gasteiger partial charge is 0.337 e. The molecule has 5 nitrogen and oxygen atoms in total. The molecule has 0 aliphatic heterocycles. The second-order valence-electron chi connectivity index (χ2n) is 4.47. The van der Waals surface area contributed by atoms with Crippen LogP contribution in [-0.4, -0.2) is 24.3 Å². The summed E-state index contributed by atoms with van der Waals surface area (Å²) in [7, 11) is 1.36. The molecule has 3 aromatic rings. The Balaban J connectivity index is 1.67. The maximum atomic E-state index is 11.3. The SMILES string of the molecule is COC(=O)c1ccc(/C=N/Nc2nc3ccccc3s2)cc1. The Morgan fingerprint density at radius 3 is 2.73 bits per heavy atom. The number of anilines is 1. The summed E-state index contributed by atoms with van der Waals surface area (Å²) in [6.45, 7) is 0. The molecule has 0 aliphatic carbocycles. The van der Waals surface area contributed by atoms with E-state index in [0.29, 0.717) is 5.56 Å². The average Bonchev–Trinajstić information content (AvgIpc) is 2.97. The fraction of sp³-hybridized carbons (Fsp3) is 0.0625. The Bertz CT molecular complexity index is 792. The van der Waals surface area contributed by atoms with Crippen molar-refractivity contribution in [3.05, 3.63) is 59.7 Å². The Hall–Kier alpha value is -2.73. The molecule has 110 valence electrons. The van der Waals surface area contributed by atoms with Crippen LogP contribution < -0.4 is 5.43 Å².